The predicted octanol–water partition coefficient (Wildman–Crippen LogP) is -0.859. The largest absolute Gasteiger partial charge is 2.00 e. The van der Waals surface area contributed by atoms with E-state index in [4.69, 9.17) is 0 Å². The smallest absolute Gasteiger partial charge is 2.00 e. The monoisotopic (exact) mass is 288 g/mol. The van der Waals surface area contributed by atoms with Crippen LogP contribution in [0.25, 0.3) is 0 Å². The van der Waals surface area contributed by atoms with Crippen LogP contribution >= 0.6 is 0 Å². The van der Waals surface area contributed by atoms with Crippen LogP contribution in [0, 0.1) is 0 Å². The quantitative estimate of drug-likeness (QED) is 0.516. The molecule has 0 aromatic heterocycles. The summed E-state index contributed by atoms with van der Waals surface area (Å²) in [4.78, 5) is 0. The van der Waals surface area contributed by atoms with E-state index in [1.165, 1.54) is 0 Å². The molecule has 0 aliphatic carbocycles. The fourth-order valence-electron chi connectivity index (χ4n) is 0. The number of rotatable bonds is 0. The van der Waals surface area contributed by atoms with Gasteiger partial charge in [-0.15, -0.1) is 0 Å². The van der Waals surface area contributed by atoms with Crippen LogP contribution in [0.3, 0.4) is 0 Å². The molecule has 0 heterocycles. The minimum Gasteiger partial charge on any atom is -2.00 e. The fraction of sp³-hybridized carbons (Fsp3) is 0. The van der Waals surface area contributed by atoms with Crippen molar-refractivity contribution in [3.05, 3.63) is 0 Å². The molecule has 0 unspecified atom stereocenters. The van der Waals surface area contributed by atoms with Gasteiger partial charge in [-0.1, -0.05) is 0 Å². The van der Waals surface area contributed by atoms with E-state index in [9.17, 15) is 0 Å². The SMILES string of the molecule is [Ca+2].[O-2].[O-2].[O-2].[O-2].[W]. The van der Waals surface area contributed by atoms with Crippen molar-refractivity contribution in [2.45, 2.75) is 0 Å². The van der Waals surface area contributed by atoms with Crippen molar-refractivity contribution < 1.29 is 43.0 Å². The van der Waals surface area contributed by atoms with E-state index in [0.717, 1.165) is 0 Å². The third kappa shape index (κ3) is 41.5. The molecule has 6 heavy (non-hydrogen) atoms. The summed E-state index contributed by atoms with van der Waals surface area (Å²) >= 11 is 0. The Morgan fingerprint density at radius 1 is 0.500 bits per heavy atom. The molecule has 0 aromatic rings. The molecule has 0 saturated heterocycles. The van der Waals surface area contributed by atoms with Gasteiger partial charge in [-0.05, 0) is 0 Å². The van der Waals surface area contributed by atoms with Gasteiger partial charge in [-0.25, -0.2) is 0 Å². The first-order valence-electron chi connectivity index (χ1n) is 0. The van der Waals surface area contributed by atoms with Crippen molar-refractivity contribution in [3.63, 3.8) is 0 Å². The summed E-state index contributed by atoms with van der Waals surface area (Å²) in [6, 6.07) is 0. The number of hydrogen-bond donors (Lipinski definition) is 0. The molecule has 6 heteroatoms. The summed E-state index contributed by atoms with van der Waals surface area (Å²) in [5, 5.41) is 0. The Labute approximate surface area is 79.8 Å². The molecule has 0 atom stereocenters. The first-order valence-corrected chi connectivity index (χ1v) is 0. The van der Waals surface area contributed by atoms with Gasteiger partial charge in [0, 0.05) is 21.1 Å². The summed E-state index contributed by atoms with van der Waals surface area (Å²) in [7, 11) is 0. The third-order valence-corrected chi connectivity index (χ3v) is 0. The molecular weight excluding hydrogens is 288 g/mol. The van der Waals surface area contributed by atoms with E-state index < -0.39 is 0 Å². The van der Waals surface area contributed by atoms with Crippen LogP contribution in [-0.2, 0) is 43.0 Å². The summed E-state index contributed by atoms with van der Waals surface area (Å²) in [5.41, 5.74) is 0. The first kappa shape index (κ1) is 112. The average Bonchev–Trinajstić information content (AvgIpc) is 0. The molecular formula is CaO4W-6. The van der Waals surface area contributed by atoms with Crippen LogP contribution in [0.2, 0.25) is 0 Å². The molecule has 4 nitrogen and oxygen atoms in total. The van der Waals surface area contributed by atoms with Crippen LogP contribution < -0.4 is 0 Å². The van der Waals surface area contributed by atoms with Gasteiger partial charge in [0.15, 0.2) is 0 Å². The van der Waals surface area contributed by atoms with E-state index in [-0.39, 0.29) is 80.7 Å². The van der Waals surface area contributed by atoms with Crippen molar-refractivity contribution in [2.75, 3.05) is 0 Å². The van der Waals surface area contributed by atoms with Crippen molar-refractivity contribution in [3.8, 4) is 0 Å². The molecule has 0 saturated carbocycles. The second-order valence-electron chi connectivity index (χ2n) is 0. The van der Waals surface area contributed by atoms with Gasteiger partial charge in [0.1, 0.15) is 0 Å². The normalized spacial score (nSPS) is 0. The van der Waals surface area contributed by atoms with Crippen LogP contribution in [0.4, 0.5) is 0 Å². The van der Waals surface area contributed by atoms with Crippen LogP contribution in [-0.4, -0.2) is 37.7 Å². The molecule has 0 N–H and O–H groups in total. The summed E-state index contributed by atoms with van der Waals surface area (Å²) in [6.07, 6.45) is 0. The Bertz CT molecular complexity index is 7.51. The first-order chi connectivity index (χ1) is 0. The average molecular weight is 288 g/mol. The molecule has 0 aromatic carbocycles. The summed E-state index contributed by atoms with van der Waals surface area (Å²) < 4.78 is 0. The second kappa shape index (κ2) is 71.1. The minimum absolute atomic E-state index is 0. The Hall–Kier alpha value is 1.79. The zero-order valence-corrected chi connectivity index (χ0v) is 7.89. The van der Waals surface area contributed by atoms with Gasteiger partial charge < -0.3 is 21.9 Å². The van der Waals surface area contributed by atoms with Gasteiger partial charge in [0.2, 0.25) is 0 Å². The molecule has 0 radical (unpaired) electrons. The zero-order chi connectivity index (χ0) is 0. The van der Waals surface area contributed by atoms with Crippen LogP contribution in [0.15, 0.2) is 0 Å². The van der Waals surface area contributed by atoms with E-state index in [1.54, 1.807) is 0 Å². The fourth-order valence-corrected chi connectivity index (χ4v) is 0. The van der Waals surface area contributed by atoms with Crippen molar-refractivity contribution in [2.24, 2.45) is 0 Å². The Balaban J connectivity index is 0. The van der Waals surface area contributed by atoms with E-state index in [2.05, 4.69) is 0 Å². The zero-order valence-electron chi connectivity index (χ0n) is 2.75. The maximum atomic E-state index is 0. The molecule has 0 aliphatic heterocycles. The molecule has 0 fully saturated rings. The minimum atomic E-state index is 0. The van der Waals surface area contributed by atoms with E-state index >= 15 is 0 Å². The van der Waals surface area contributed by atoms with Crippen molar-refractivity contribution >= 4 is 37.7 Å². The molecule has 0 bridgehead atoms. The second-order valence-corrected chi connectivity index (χ2v) is 0. The maximum Gasteiger partial charge on any atom is 2.00 e. The standard InChI is InChI=1S/Ca.4O.W/q+2;4*-2;. The third-order valence-electron chi connectivity index (χ3n) is 0. The summed E-state index contributed by atoms with van der Waals surface area (Å²) in [5.74, 6) is 0. The van der Waals surface area contributed by atoms with Gasteiger partial charge in [0.25, 0.3) is 0 Å². The Kier molecular flexibility index (Phi) is 1330. The van der Waals surface area contributed by atoms with Crippen molar-refractivity contribution in [1.82, 2.24) is 0 Å². The Morgan fingerprint density at radius 2 is 0.500 bits per heavy atom. The van der Waals surface area contributed by atoms with Gasteiger partial charge in [-0.3, -0.25) is 0 Å². The topological polar surface area (TPSA) is 114 Å². The molecule has 0 spiro atoms. The predicted molar refractivity (Wildman–Crippen MR) is 8.50 cm³/mol. The van der Waals surface area contributed by atoms with Crippen molar-refractivity contribution in [1.29, 1.82) is 0 Å². The van der Waals surface area contributed by atoms with E-state index in [1.807, 2.05) is 0 Å². The van der Waals surface area contributed by atoms with Gasteiger partial charge in [-0.2, -0.15) is 0 Å². The number of hydrogen-bond acceptors (Lipinski definition) is 0. The van der Waals surface area contributed by atoms with Crippen LogP contribution in [0.1, 0.15) is 0 Å². The molecule has 38 valence electrons. The van der Waals surface area contributed by atoms with E-state index in [0.29, 0.717) is 0 Å². The summed E-state index contributed by atoms with van der Waals surface area (Å²) in [6.45, 7) is 0. The molecule has 0 rings (SSSR count). The van der Waals surface area contributed by atoms with Crippen LogP contribution in [0.5, 0.6) is 0 Å². The molecule has 0 amide bonds. The maximum absolute atomic E-state index is 0. The molecule has 0 aliphatic rings. The Morgan fingerprint density at radius 3 is 0.500 bits per heavy atom. The van der Waals surface area contributed by atoms with Gasteiger partial charge in [0.05, 0.1) is 0 Å². The van der Waals surface area contributed by atoms with Gasteiger partial charge >= 0.3 is 37.7 Å².